The van der Waals surface area contributed by atoms with Gasteiger partial charge >= 0.3 is 0 Å². The maximum absolute atomic E-state index is 14.2. The molecule has 3 rings (SSSR count). The molecule has 6 heteroatoms. The summed E-state index contributed by atoms with van der Waals surface area (Å²) in [5.74, 6) is -0.249. The first-order chi connectivity index (χ1) is 11.9. The van der Waals surface area contributed by atoms with E-state index in [1.807, 2.05) is 4.90 Å². The number of hydrogen-bond donors (Lipinski definition) is 1. The van der Waals surface area contributed by atoms with Crippen LogP contribution < -0.4 is 10.6 Å². The van der Waals surface area contributed by atoms with Crippen LogP contribution in [0.5, 0.6) is 0 Å². The fourth-order valence-corrected chi connectivity index (χ4v) is 4.25. The summed E-state index contributed by atoms with van der Waals surface area (Å²) in [6, 6.07) is 4.88. The topological polar surface area (TPSA) is 51.0 Å². The molecule has 0 aliphatic carbocycles. The van der Waals surface area contributed by atoms with Crippen molar-refractivity contribution in [2.24, 2.45) is 0 Å². The first-order valence-corrected chi connectivity index (χ1v) is 9.14. The van der Waals surface area contributed by atoms with E-state index in [9.17, 15) is 4.39 Å². The summed E-state index contributed by atoms with van der Waals surface area (Å²) >= 11 is 0. The fourth-order valence-electron chi connectivity index (χ4n) is 4.25. The second-order valence-corrected chi connectivity index (χ2v) is 7.50. The highest BCUT2D eigenvalue weighted by molar-refractivity contribution is 5.68. The van der Waals surface area contributed by atoms with Crippen LogP contribution in [0.4, 0.5) is 15.8 Å². The Morgan fingerprint density at radius 1 is 1.24 bits per heavy atom. The molecule has 0 aromatic heterocycles. The van der Waals surface area contributed by atoms with Crippen LogP contribution >= 0.6 is 0 Å². The Morgan fingerprint density at radius 2 is 1.88 bits per heavy atom. The molecule has 140 valence electrons. The highest BCUT2D eigenvalue weighted by Crippen LogP contribution is 2.34. The molecular weight excluding hydrogens is 321 g/mol. The molecular formula is C19H30FN3O2. The van der Waals surface area contributed by atoms with Gasteiger partial charge in [0.25, 0.3) is 0 Å². The van der Waals surface area contributed by atoms with E-state index in [0.29, 0.717) is 11.4 Å². The molecule has 0 bridgehead atoms. The summed E-state index contributed by atoms with van der Waals surface area (Å²) in [5, 5.41) is 0. The van der Waals surface area contributed by atoms with E-state index in [-0.39, 0.29) is 23.6 Å². The predicted molar refractivity (Wildman–Crippen MR) is 98.4 cm³/mol. The average Bonchev–Trinajstić information content (AvgIpc) is 2.55. The van der Waals surface area contributed by atoms with Gasteiger partial charge in [0, 0.05) is 39.8 Å². The number of para-hydroxylation sites is 1. The Bertz CT molecular complexity index is 560. The largest absolute Gasteiger partial charge is 0.397 e. The first-order valence-electron chi connectivity index (χ1n) is 9.14. The molecule has 0 radical (unpaired) electrons. The molecule has 2 fully saturated rings. The van der Waals surface area contributed by atoms with Crippen molar-refractivity contribution in [1.29, 1.82) is 0 Å². The summed E-state index contributed by atoms with van der Waals surface area (Å²) in [6.07, 6.45) is 2.21. The number of morpholine rings is 1. The van der Waals surface area contributed by atoms with E-state index in [0.717, 1.165) is 45.6 Å². The van der Waals surface area contributed by atoms with Crippen LogP contribution in [-0.4, -0.2) is 62.5 Å². The number of anilines is 2. The zero-order chi connectivity index (χ0) is 18.0. The molecule has 0 unspecified atom stereocenters. The first kappa shape index (κ1) is 18.4. The number of halogens is 1. The van der Waals surface area contributed by atoms with Gasteiger partial charge in [-0.2, -0.15) is 0 Å². The van der Waals surface area contributed by atoms with Crippen LogP contribution in [-0.2, 0) is 9.47 Å². The van der Waals surface area contributed by atoms with Gasteiger partial charge in [-0.25, -0.2) is 4.39 Å². The van der Waals surface area contributed by atoms with Crippen molar-refractivity contribution in [2.45, 2.75) is 44.5 Å². The SMILES string of the molecule is COC1(CN2C[C@@H](C)O[C@@H](C)C2)CCN(c2c(N)cccc2F)CC1. The zero-order valence-electron chi connectivity index (χ0n) is 15.5. The van der Waals surface area contributed by atoms with Gasteiger partial charge in [0.1, 0.15) is 5.82 Å². The second-order valence-electron chi connectivity index (χ2n) is 7.50. The van der Waals surface area contributed by atoms with Crippen LogP contribution in [0.2, 0.25) is 0 Å². The lowest BCUT2D eigenvalue weighted by Crippen LogP contribution is -2.56. The highest BCUT2D eigenvalue weighted by Gasteiger charge is 2.38. The third-order valence-electron chi connectivity index (χ3n) is 5.45. The Balaban J connectivity index is 1.66. The molecule has 25 heavy (non-hydrogen) atoms. The van der Waals surface area contributed by atoms with E-state index >= 15 is 0 Å². The maximum Gasteiger partial charge on any atom is 0.148 e. The van der Waals surface area contributed by atoms with Crippen LogP contribution in [0.25, 0.3) is 0 Å². The Morgan fingerprint density at radius 3 is 2.44 bits per heavy atom. The smallest absolute Gasteiger partial charge is 0.148 e. The van der Waals surface area contributed by atoms with Crippen molar-refractivity contribution >= 4 is 11.4 Å². The Labute approximate surface area is 149 Å². The molecule has 5 nitrogen and oxygen atoms in total. The van der Waals surface area contributed by atoms with Crippen LogP contribution in [0.15, 0.2) is 18.2 Å². The van der Waals surface area contributed by atoms with Crippen molar-refractivity contribution in [1.82, 2.24) is 4.90 Å². The number of methoxy groups -OCH3 is 1. The summed E-state index contributed by atoms with van der Waals surface area (Å²) in [4.78, 5) is 4.49. The number of nitrogens with zero attached hydrogens (tertiary/aromatic N) is 2. The van der Waals surface area contributed by atoms with Crippen molar-refractivity contribution < 1.29 is 13.9 Å². The van der Waals surface area contributed by atoms with E-state index < -0.39 is 0 Å². The molecule has 2 aliphatic heterocycles. The van der Waals surface area contributed by atoms with Crippen molar-refractivity contribution in [3.05, 3.63) is 24.0 Å². The molecule has 1 aromatic carbocycles. The maximum atomic E-state index is 14.2. The van der Waals surface area contributed by atoms with Crippen molar-refractivity contribution in [3.8, 4) is 0 Å². The highest BCUT2D eigenvalue weighted by atomic mass is 19.1. The minimum absolute atomic E-state index is 0.187. The molecule has 0 amide bonds. The lowest BCUT2D eigenvalue weighted by molar-refractivity contribution is -0.107. The lowest BCUT2D eigenvalue weighted by atomic mass is 9.89. The van der Waals surface area contributed by atoms with Crippen LogP contribution in [0.1, 0.15) is 26.7 Å². The Kier molecular flexibility index (Phi) is 5.51. The summed E-state index contributed by atoms with van der Waals surface area (Å²) in [6.45, 7) is 8.47. The quantitative estimate of drug-likeness (QED) is 0.845. The molecule has 2 aliphatic rings. The lowest BCUT2D eigenvalue weighted by Gasteiger charge is -2.46. The standard InChI is InChI=1S/C19H30FN3O2/c1-14-11-22(12-15(2)25-14)13-19(24-3)7-9-23(10-8-19)18-16(20)5-4-6-17(18)21/h4-6,14-15H,7-13,21H2,1-3H3/t14-,15+. The number of rotatable bonds is 4. The number of benzene rings is 1. The van der Waals surface area contributed by atoms with Crippen LogP contribution in [0, 0.1) is 5.82 Å². The van der Waals surface area contributed by atoms with E-state index in [4.69, 9.17) is 15.2 Å². The number of hydrogen-bond acceptors (Lipinski definition) is 5. The second kappa shape index (κ2) is 7.48. The third kappa shape index (κ3) is 4.07. The number of nitrogen functional groups attached to an aromatic ring is 1. The van der Waals surface area contributed by atoms with E-state index in [2.05, 4.69) is 18.7 Å². The minimum Gasteiger partial charge on any atom is -0.397 e. The Hall–Kier alpha value is -1.37. The van der Waals surface area contributed by atoms with Gasteiger partial charge < -0.3 is 20.1 Å². The van der Waals surface area contributed by atoms with Gasteiger partial charge in [-0.15, -0.1) is 0 Å². The molecule has 1 aromatic rings. The van der Waals surface area contributed by atoms with Gasteiger partial charge in [-0.05, 0) is 38.8 Å². The van der Waals surface area contributed by atoms with Crippen molar-refractivity contribution in [3.63, 3.8) is 0 Å². The molecule has 0 saturated carbocycles. The minimum atomic E-state index is -0.249. The molecule has 2 N–H and O–H groups in total. The fraction of sp³-hybridized carbons (Fsp3) is 0.684. The van der Waals surface area contributed by atoms with E-state index in [1.165, 1.54) is 6.07 Å². The van der Waals surface area contributed by atoms with Gasteiger partial charge in [0.05, 0.1) is 29.2 Å². The normalized spacial score (nSPS) is 27.4. The molecule has 0 spiro atoms. The van der Waals surface area contributed by atoms with Gasteiger partial charge in [0.2, 0.25) is 0 Å². The van der Waals surface area contributed by atoms with E-state index in [1.54, 1.807) is 19.2 Å². The average molecular weight is 351 g/mol. The number of nitrogens with two attached hydrogens (primary N) is 1. The van der Waals surface area contributed by atoms with Crippen molar-refractivity contribution in [2.75, 3.05) is 50.5 Å². The summed E-state index contributed by atoms with van der Waals surface area (Å²) in [7, 11) is 1.79. The van der Waals surface area contributed by atoms with Crippen LogP contribution in [0.3, 0.4) is 0 Å². The predicted octanol–water partition coefficient (Wildman–Crippen LogP) is 2.50. The zero-order valence-corrected chi connectivity index (χ0v) is 15.5. The number of ether oxygens (including phenoxy) is 2. The van der Waals surface area contributed by atoms with Gasteiger partial charge in [-0.3, -0.25) is 4.90 Å². The molecule has 2 atom stereocenters. The summed E-state index contributed by atoms with van der Waals surface area (Å²) < 4.78 is 26.0. The monoisotopic (exact) mass is 351 g/mol. The molecule has 2 saturated heterocycles. The van der Waals surface area contributed by atoms with Gasteiger partial charge in [-0.1, -0.05) is 6.07 Å². The number of piperidine rings is 1. The summed E-state index contributed by atoms with van der Waals surface area (Å²) in [5.41, 5.74) is 6.84. The van der Waals surface area contributed by atoms with Gasteiger partial charge in [0.15, 0.2) is 0 Å². The third-order valence-corrected chi connectivity index (χ3v) is 5.45. The molecule has 2 heterocycles.